The maximum Gasteiger partial charge on any atom is 0.119 e. The number of nitrogens with zero attached hydrogens (tertiary/aromatic N) is 1. The number of rotatable bonds is 5. The van der Waals surface area contributed by atoms with E-state index in [0.29, 0.717) is 13.2 Å². The van der Waals surface area contributed by atoms with Crippen LogP contribution in [0.5, 0.6) is 5.75 Å². The maximum absolute atomic E-state index is 6.01. The van der Waals surface area contributed by atoms with Gasteiger partial charge in [-0.1, -0.05) is 30.3 Å². The molecule has 0 heterocycles. The summed E-state index contributed by atoms with van der Waals surface area (Å²) in [5, 5.41) is 0. The molecule has 0 aromatic heterocycles. The second-order valence-electron chi connectivity index (χ2n) is 5.78. The smallest absolute Gasteiger partial charge is 0.119 e. The molecular weight excluding hydrogens is 260 g/mol. The van der Waals surface area contributed by atoms with Crippen LogP contribution in [0.1, 0.15) is 17.0 Å². The fourth-order valence-electron chi connectivity index (χ4n) is 2.98. The van der Waals surface area contributed by atoms with Gasteiger partial charge in [0.2, 0.25) is 0 Å². The van der Waals surface area contributed by atoms with Crippen LogP contribution >= 0.6 is 0 Å². The van der Waals surface area contributed by atoms with Gasteiger partial charge in [-0.3, -0.25) is 0 Å². The highest BCUT2D eigenvalue weighted by atomic mass is 16.5. The van der Waals surface area contributed by atoms with E-state index in [0.717, 1.165) is 12.3 Å². The molecule has 0 radical (unpaired) electrons. The Bertz CT molecular complexity index is 637. The molecule has 110 valence electrons. The van der Waals surface area contributed by atoms with Crippen LogP contribution < -0.4 is 10.5 Å². The summed E-state index contributed by atoms with van der Waals surface area (Å²) in [6, 6.07) is 14.9. The first-order valence-electron chi connectivity index (χ1n) is 7.41. The summed E-state index contributed by atoms with van der Waals surface area (Å²) in [6.07, 6.45) is 0. The first kappa shape index (κ1) is 14.1. The van der Waals surface area contributed by atoms with Crippen molar-refractivity contribution in [3.8, 4) is 16.9 Å². The van der Waals surface area contributed by atoms with E-state index in [1.807, 2.05) is 14.1 Å². The molecule has 1 aliphatic rings. The predicted molar refractivity (Wildman–Crippen MR) is 86.8 cm³/mol. The third-order valence-corrected chi connectivity index (χ3v) is 4.07. The van der Waals surface area contributed by atoms with Gasteiger partial charge in [0.1, 0.15) is 12.4 Å². The molecule has 0 amide bonds. The summed E-state index contributed by atoms with van der Waals surface area (Å²) >= 11 is 0. The van der Waals surface area contributed by atoms with Gasteiger partial charge in [-0.15, -0.1) is 0 Å². The molecule has 0 aliphatic heterocycles. The molecule has 0 fully saturated rings. The van der Waals surface area contributed by atoms with E-state index in [1.165, 1.54) is 22.3 Å². The molecule has 0 saturated carbocycles. The minimum atomic E-state index is 0.286. The van der Waals surface area contributed by atoms with Crippen molar-refractivity contribution in [3.05, 3.63) is 53.6 Å². The molecule has 3 heteroatoms. The fraction of sp³-hybridized carbons (Fsp3) is 0.333. The van der Waals surface area contributed by atoms with E-state index >= 15 is 0 Å². The van der Waals surface area contributed by atoms with Gasteiger partial charge in [-0.25, -0.2) is 0 Å². The lowest BCUT2D eigenvalue weighted by molar-refractivity contribution is 0.261. The van der Waals surface area contributed by atoms with E-state index in [4.69, 9.17) is 10.5 Å². The van der Waals surface area contributed by atoms with E-state index in [9.17, 15) is 0 Å². The standard InChI is InChI=1S/C18H22N2O/c1-20(2)9-10-21-13-7-8-16-14-5-3-4-6-15(14)18(12-19)17(16)11-13/h3-8,11,18H,9-10,12,19H2,1-2H3. The Morgan fingerprint density at radius 1 is 1.05 bits per heavy atom. The zero-order valence-corrected chi connectivity index (χ0v) is 12.7. The van der Waals surface area contributed by atoms with Gasteiger partial charge in [-0.2, -0.15) is 0 Å². The lowest BCUT2D eigenvalue weighted by atomic mass is 9.97. The summed E-state index contributed by atoms with van der Waals surface area (Å²) in [7, 11) is 4.10. The SMILES string of the molecule is CN(C)CCOc1ccc2c(c1)C(CN)c1ccccc1-2. The summed E-state index contributed by atoms with van der Waals surface area (Å²) in [6.45, 7) is 2.24. The average molecular weight is 282 g/mol. The molecule has 2 N–H and O–H groups in total. The van der Waals surface area contributed by atoms with Crippen LogP contribution in [-0.2, 0) is 0 Å². The average Bonchev–Trinajstić information content (AvgIpc) is 2.80. The van der Waals surface area contributed by atoms with Crippen LogP contribution in [0.3, 0.4) is 0 Å². The lowest BCUT2D eigenvalue weighted by Gasteiger charge is -2.14. The second kappa shape index (κ2) is 5.88. The third-order valence-electron chi connectivity index (χ3n) is 4.07. The monoisotopic (exact) mass is 282 g/mol. The number of hydrogen-bond acceptors (Lipinski definition) is 3. The van der Waals surface area contributed by atoms with Crippen molar-refractivity contribution in [2.24, 2.45) is 5.73 Å². The van der Waals surface area contributed by atoms with Gasteiger partial charge < -0.3 is 15.4 Å². The third kappa shape index (κ3) is 2.67. The molecule has 1 atom stereocenters. The Labute approximate surface area is 126 Å². The molecule has 3 rings (SSSR count). The lowest BCUT2D eigenvalue weighted by Crippen LogP contribution is -2.19. The summed E-state index contributed by atoms with van der Waals surface area (Å²) in [4.78, 5) is 2.12. The fourth-order valence-corrected chi connectivity index (χ4v) is 2.98. The van der Waals surface area contributed by atoms with E-state index < -0.39 is 0 Å². The molecule has 1 unspecified atom stereocenters. The molecule has 21 heavy (non-hydrogen) atoms. The minimum Gasteiger partial charge on any atom is -0.492 e. The van der Waals surface area contributed by atoms with Crippen molar-refractivity contribution < 1.29 is 4.74 Å². The molecule has 1 aliphatic carbocycles. The van der Waals surface area contributed by atoms with Crippen molar-refractivity contribution >= 4 is 0 Å². The van der Waals surface area contributed by atoms with Gasteiger partial charge >= 0.3 is 0 Å². The zero-order valence-electron chi connectivity index (χ0n) is 12.7. The van der Waals surface area contributed by atoms with Gasteiger partial charge in [0.15, 0.2) is 0 Å². The molecule has 0 spiro atoms. The quantitative estimate of drug-likeness (QED) is 0.916. The number of benzene rings is 2. The number of likely N-dealkylation sites (N-methyl/N-ethyl adjacent to an activating group) is 1. The number of ether oxygens (including phenoxy) is 1. The van der Waals surface area contributed by atoms with Crippen LogP contribution in [0.4, 0.5) is 0 Å². The van der Waals surface area contributed by atoms with Gasteiger partial charge in [0, 0.05) is 19.0 Å². The summed E-state index contributed by atoms with van der Waals surface area (Å²) in [5.41, 5.74) is 11.2. The Morgan fingerprint density at radius 2 is 1.81 bits per heavy atom. The van der Waals surface area contributed by atoms with Crippen molar-refractivity contribution in [2.75, 3.05) is 33.8 Å². The predicted octanol–water partition coefficient (Wildman–Crippen LogP) is 2.70. The number of nitrogens with two attached hydrogens (primary N) is 1. The topological polar surface area (TPSA) is 38.5 Å². The highest BCUT2D eigenvalue weighted by Crippen LogP contribution is 2.45. The van der Waals surface area contributed by atoms with Crippen LogP contribution in [0, 0.1) is 0 Å². The molecule has 0 saturated heterocycles. The zero-order chi connectivity index (χ0) is 14.8. The highest BCUT2D eigenvalue weighted by molar-refractivity contribution is 5.79. The van der Waals surface area contributed by atoms with E-state index in [-0.39, 0.29) is 5.92 Å². The van der Waals surface area contributed by atoms with E-state index in [2.05, 4.69) is 47.4 Å². The second-order valence-corrected chi connectivity index (χ2v) is 5.78. The molecular formula is C18H22N2O. The normalized spacial score (nSPS) is 15.9. The largest absolute Gasteiger partial charge is 0.492 e. The molecule has 0 bridgehead atoms. The maximum atomic E-state index is 6.01. The van der Waals surface area contributed by atoms with E-state index in [1.54, 1.807) is 0 Å². The molecule has 3 nitrogen and oxygen atoms in total. The molecule has 2 aromatic rings. The Kier molecular flexibility index (Phi) is 3.95. The van der Waals surface area contributed by atoms with Crippen molar-refractivity contribution in [1.82, 2.24) is 4.90 Å². The van der Waals surface area contributed by atoms with Crippen LogP contribution in [0.2, 0.25) is 0 Å². The Hall–Kier alpha value is -1.84. The highest BCUT2D eigenvalue weighted by Gasteiger charge is 2.27. The first-order valence-corrected chi connectivity index (χ1v) is 7.41. The van der Waals surface area contributed by atoms with Crippen LogP contribution in [0.25, 0.3) is 11.1 Å². The molecule has 2 aromatic carbocycles. The van der Waals surface area contributed by atoms with Crippen LogP contribution in [-0.4, -0.2) is 38.7 Å². The summed E-state index contributed by atoms with van der Waals surface area (Å²) < 4.78 is 5.85. The van der Waals surface area contributed by atoms with Gasteiger partial charge in [0.05, 0.1) is 0 Å². The Morgan fingerprint density at radius 3 is 2.57 bits per heavy atom. The Balaban J connectivity index is 1.88. The minimum absolute atomic E-state index is 0.286. The summed E-state index contributed by atoms with van der Waals surface area (Å²) in [5.74, 6) is 1.22. The van der Waals surface area contributed by atoms with Crippen molar-refractivity contribution in [2.45, 2.75) is 5.92 Å². The van der Waals surface area contributed by atoms with Gasteiger partial charge in [0.25, 0.3) is 0 Å². The van der Waals surface area contributed by atoms with Crippen molar-refractivity contribution in [3.63, 3.8) is 0 Å². The van der Waals surface area contributed by atoms with Gasteiger partial charge in [-0.05, 0) is 48.5 Å². The van der Waals surface area contributed by atoms with Crippen LogP contribution in [0.15, 0.2) is 42.5 Å². The van der Waals surface area contributed by atoms with Crippen molar-refractivity contribution in [1.29, 1.82) is 0 Å². The number of hydrogen-bond donors (Lipinski definition) is 1. The number of fused-ring (bicyclic) bond motifs is 3. The first-order chi connectivity index (χ1) is 10.2.